The SMILES string of the molecule is Cn1nnc(CC2Cc3ccccc3C2Cl)n1. The van der Waals surface area contributed by atoms with Crippen LogP contribution >= 0.6 is 11.6 Å². The zero-order valence-electron chi connectivity index (χ0n) is 9.55. The molecule has 0 aliphatic heterocycles. The Kier molecular flexibility index (Phi) is 2.59. The fraction of sp³-hybridized carbons (Fsp3) is 0.417. The van der Waals surface area contributed by atoms with Gasteiger partial charge in [0.1, 0.15) is 0 Å². The first kappa shape index (κ1) is 10.7. The van der Waals surface area contributed by atoms with Gasteiger partial charge in [-0.3, -0.25) is 0 Å². The van der Waals surface area contributed by atoms with E-state index in [0.717, 1.165) is 18.7 Å². The number of hydrogen-bond acceptors (Lipinski definition) is 3. The van der Waals surface area contributed by atoms with Gasteiger partial charge < -0.3 is 0 Å². The minimum atomic E-state index is 0.0648. The lowest BCUT2D eigenvalue weighted by molar-refractivity contribution is 0.525. The van der Waals surface area contributed by atoms with Crippen LogP contribution < -0.4 is 0 Å². The van der Waals surface area contributed by atoms with E-state index in [9.17, 15) is 0 Å². The summed E-state index contributed by atoms with van der Waals surface area (Å²) < 4.78 is 0. The molecule has 0 spiro atoms. The Hall–Kier alpha value is -1.42. The summed E-state index contributed by atoms with van der Waals surface area (Å²) in [6.07, 6.45) is 1.79. The summed E-state index contributed by atoms with van der Waals surface area (Å²) in [4.78, 5) is 1.49. The van der Waals surface area contributed by atoms with Crippen LogP contribution in [0.1, 0.15) is 22.3 Å². The molecule has 1 aliphatic rings. The molecule has 4 nitrogen and oxygen atoms in total. The molecule has 1 heterocycles. The largest absolute Gasteiger partial charge is 0.175 e. The smallest absolute Gasteiger partial charge is 0.167 e. The highest BCUT2D eigenvalue weighted by atomic mass is 35.5. The predicted molar refractivity (Wildman–Crippen MR) is 64.7 cm³/mol. The van der Waals surface area contributed by atoms with Gasteiger partial charge in [-0.25, -0.2) is 0 Å². The van der Waals surface area contributed by atoms with Crippen molar-refractivity contribution in [1.82, 2.24) is 20.2 Å². The van der Waals surface area contributed by atoms with Crippen LogP contribution in [0.4, 0.5) is 0 Å². The van der Waals surface area contributed by atoms with E-state index < -0.39 is 0 Å². The van der Waals surface area contributed by atoms with Crippen LogP contribution in [0.5, 0.6) is 0 Å². The average Bonchev–Trinajstić information content (AvgIpc) is 2.86. The summed E-state index contributed by atoms with van der Waals surface area (Å²) in [5.41, 5.74) is 2.60. The molecule has 0 fully saturated rings. The van der Waals surface area contributed by atoms with E-state index in [-0.39, 0.29) is 5.38 Å². The lowest BCUT2D eigenvalue weighted by Crippen LogP contribution is -2.08. The lowest BCUT2D eigenvalue weighted by atomic mass is 10.0. The molecule has 2 unspecified atom stereocenters. The lowest BCUT2D eigenvalue weighted by Gasteiger charge is -2.11. The van der Waals surface area contributed by atoms with Gasteiger partial charge in [0.15, 0.2) is 5.82 Å². The van der Waals surface area contributed by atoms with Gasteiger partial charge in [0.25, 0.3) is 0 Å². The maximum atomic E-state index is 6.48. The van der Waals surface area contributed by atoms with E-state index >= 15 is 0 Å². The molecule has 0 saturated heterocycles. The second-order valence-corrected chi connectivity index (χ2v) is 4.93. The molecule has 0 N–H and O–H groups in total. The standard InChI is InChI=1S/C12H13ClN4/c1-17-15-11(14-16-17)7-9-6-8-4-2-3-5-10(8)12(9)13/h2-5,9,12H,6-7H2,1H3. The number of aryl methyl sites for hydroxylation is 1. The van der Waals surface area contributed by atoms with Gasteiger partial charge >= 0.3 is 0 Å². The number of tetrazole rings is 1. The molecule has 1 aromatic carbocycles. The zero-order chi connectivity index (χ0) is 11.8. The molecule has 0 amide bonds. The van der Waals surface area contributed by atoms with Crippen LogP contribution in [0, 0.1) is 5.92 Å². The molecular weight excluding hydrogens is 236 g/mol. The Morgan fingerprint density at radius 2 is 2.24 bits per heavy atom. The number of aromatic nitrogens is 4. The Labute approximate surface area is 105 Å². The van der Waals surface area contributed by atoms with E-state index in [2.05, 4.69) is 33.6 Å². The van der Waals surface area contributed by atoms with E-state index in [4.69, 9.17) is 11.6 Å². The normalized spacial score (nSPS) is 22.7. The topological polar surface area (TPSA) is 43.6 Å². The van der Waals surface area contributed by atoms with Crippen molar-refractivity contribution in [2.24, 2.45) is 13.0 Å². The first-order valence-corrected chi connectivity index (χ1v) is 6.12. The summed E-state index contributed by atoms with van der Waals surface area (Å²) in [6.45, 7) is 0. The highest BCUT2D eigenvalue weighted by Gasteiger charge is 2.31. The first-order valence-electron chi connectivity index (χ1n) is 5.69. The maximum Gasteiger partial charge on any atom is 0.175 e. The van der Waals surface area contributed by atoms with Gasteiger partial charge in [-0.2, -0.15) is 4.80 Å². The third kappa shape index (κ3) is 1.93. The van der Waals surface area contributed by atoms with Crippen molar-refractivity contribution < 1.29 is 0 Å². The molecule has 5 heteroatoms. The Bertz CT molecular complexity index is 537. The van der Waals surface area contributed by atoms with Crippen molar-refractivity contribution in [3.63, 3.8) is 0 Å². The van der Waals surface area contributed by atoms with Gasteiger partial charge in [-0.15, -0.1) is 21.8 Å². The van der Waals surface area contributed by atoms with E-state index in [1.54, 1.807) is 7.05 Å². The average molecular weight is 249 g/mol. The van der Waals surface area contributed by atoms with Crippen molar-refractivity contribution in [3.8, 4) is 0 Å². The number of benzene rings is 1. The van der Waals surface area contributed by atoms with Crippen molar-refractivity contribution >= 4 is 11.6 Å². The fourth-order valence-electron chi connectivity index (χ4n) is 2.44. The molecule has 0 radical (unpaired) electrons. The monoisotopic (exact) mass is 248 g/mol. The third-order valence-corrected chi connectivity index (χ3v) is 3.83. The molecule has 0 bridgehead atoms. The molecule has 0 saturated carbocycles. The molecule has 2 atom stereocenters. The molecule has 1 aromatic heterocycles. The fourth-order valence-corrected chi connectivity index (χ4v) is 2.84. The highest BCUT2D eigenvalue weighted by Crippen LogP contribution is 2.41. The third-order valence-electron chi connectivity index (χ3n) is 3.24. The van der Waals surface area contributed by atoms with Crippen LogP contribution in [0.2, 0.25) is 0 Å². The number of halogens is 1. The molecule has 3 rings (SSSR count). The van der Waals surface area contributed by atoms with Gasteiger partial charge in [0.05, 0.1) is 12.4 Å². The number of nitrogens with zero attached hydrogens (tertiary/aromatic N) is 4. The van der Waals surface area contributed by atoms with Crippen LogP contribution in [-0.4, -0.2) is 20.2 Å². The number of alkyl halides is 1. The van der Waals surface area contributed by atoms with E-state index in [0.29, 0.717) is 5.92 Å². The Balaban J connectivity index is 1.80. The van der Waals surface area contributed by atoms with E-state index in [1.807, 2.05) is 6.07 Å². The molecule has 88 valence electrons. The summed E-state index contributed by atoms with van der Waals surface area (Å²) >= 11 is 6.48. The quantitative estimate of drug-likeness (QED) is 0.763. The summed E-state index contributed by atoms with van der Waals surface area (Å²) in [7, 11) is 1.78. The molecule has 2 aromatic rings. The summed E-state index contributed by atoms with van der Waals surface area (Å²) in [5, 5.41) is 12.1. The number of hydrogen-bond donors (Lipinski definition) is 0. The maximum absolute atomic E-state index is 6.48. The second kappa shape index (κ2) is 4.11. The second-order valence-electron chi connectivity index (χ2n) is 4.46. The van der Waals surface area contributed by atoms with Crippen molar-refractivity contribution in [3.05, 3.63) is 41.2 Å². The minimum absolute atomic E-state index is 0.0648. The van der Waals surface area contributed by atoms with Gasteiger partial charge in [0.2, 0.25) is 0 Å². The summed E-state index contributed by atoms with van der Waals surface area (Å²) in [6, 6.07) is 8.36. The molecule has 17 heavy (non-hydrogen) atoms. The van der Waals surface area contributed by atoms with Crippen molar-refractivity contribution in [2.75, 3.05) is 0 Å². The van der Waals surface area contributed by atoms with Crippen LogP contribution in [0.3, 0.4) is 0 Å². The van der Waals surface area contributed by atoms with E-state index in [1.165, 1.54) is 15.9 Å². The van der Waals surface area contributed by atoms with Crippen LogP contribution in [0.15, 0.2) is 24.3 Å². The molecule has 1 aliphatic carbocycles. The number of rotatable bonds is 2. The number of fused-ring (bicyclic) bond motifs is 1. The zero-order valence-corrected chi connectivity index (χ0v) is 10.3. The highest BCUT2D eigenvalue weighted by molar-refractivity contribution is 6.21. The predicted octanol–water partition coefficient (Wildman–Crippen LogP) is 1.90. The minimum Gasteiger partial charge on any atom is -0.167 e. The van der Waals surface area contributed by atoms with Crippen molar-refractivity contribution in [1.29, 1.82) is 0 Å². The van der Waals surface area contributed by atoms with Crippen molar-refractivity contribution in [2.45, 2.75) is 18.2 Å². The van der Waals surface area contributed by atoms with Gasteiger partial charge in [-0.1, -0.05) is 24.3 Å². The van der Waals surface area contributed by atoms with Gasteiger partial charge in [-0.05, 0) is 28.7 Å². The Morgan fingerprint density at radius 3 is 2.94 bits per heavy atom. The first-order chi connectivity index (χ1) is 8.24. The summed E-state index contributed by atoms with van der Waals surface area (Å²) in [5.74, 6) is 1.15. The Morgan fingerprint density at radius 1 is 1.41 bits per heavy atom. The van der Waals surface area contributed by atoms with Gasteiger partial charge in [0, 0.05) is 6.42 Å². The van der Waals surface area contributed by atoms with Crippen LogP contribution in [-0.2, 0) is 19.9 Å². The van der Waals surface area contributed by atoms with Crippen LogP contribution in [0.25, 0.3) is 0 Å². The molecular formula is C12H13ClN4.